The average molecular weight is 153 g/mol. The lowest BCUT2D eigenvalue weighted by Gasteiger charge is -2.00. The van der Waals surface area contributed by atoms with Crippen LogP contribution in [0.1, 0.15) is 24.9 Å². The van der Waals surface area contributed by atoms with Crippen LogP contribution >= 0.6 is 0 Å². The summed E-state index contributed by atoms with van der Waals surface area (Å²) in [5.74, 6) is 2.02. The van der Waals surface area contributed by atoms with Gasteiger partial charge in [-0.25, -0.2) is 0 Å². The molecule has 11 heavy (non-hydrogen) atoms. The average Bonchev–Trinajstić information content (AvgIpc) is 2.31. The summed E-state index contributed by atoms with van der Waals surface area (Å²) in [6.45, 7) is 3.96. The van der Waals surface area contributed by atoms with Crippen molar-refractivity contribution < 1.29 is 4.42 Å². The van der Waals surface area contributed by atoms with Crippen molar-refractivity contribution in [3.63, 3.8) is 0 Å². The molecule has 0 amide bonds. The van der Waals surface area contributed by atoms with Crippen molar-refractivity contribution >= 4 is 0 Å². The predicted octanol–water partition coefficient (Wildman–Crippen LogP) is 1.87. The fourth-order valence-corrected chi connectivity index (χ4v) is 0.989. The molecule has 62 valence electrons. The van der Waals surface area contributed by atoms with Crippen molar-refractivity contribution in [2.24, 2.45) is 5.73 Å². The molecular formula is C9H15NO. The molecule has 0 radical (unpaired) electrons. The van der Waals surface area contributed by atoms with Gasteiger partial charge < -0.3 is 10.2 Å². The van der Waals surface area contributed by atoms with Crippen LogP contribution < -0.4 is 5.73 Å². The molecule has 1 heterocycles. The van der Waals surface area contributed by atoms with Crippen molar-refractivity contribution in [3.8, 4) is 0 Å². The Morgan fingerprint density at radius 1 is 1.55 bits per heavy atom. The molecule has 0 aliphatic rings. The molecule has 0 fully saturated rings. The van der Waals surface area contributed by atoms with Crippen LogP contribution in [0.2, 0.25) is 0 Å². The Morgan fingerprint density at radius 3 is 2.73 bits per heavy atom. The quantitative estimate of drug-likeness (QED) is 0.720. The van der Waals surface area contributed by atoms with Crippen molar-refractivity contribution in [1.82, 2.24) is 0 Å². The molecule has 0 aliphatic heterocycles. The Balaban J connectivity index is 2.39. The SMILES string of the molecule is Cc1ccc(CC[C@@H](C)N)o1. The zero-order chi connectivity index (χ0) is 8.27. The van der Waals surface area contributed by atoms with Gasteiger partial charge in [-0.2, -0.15) is 0 Å². The topological polar surface area (TPSA) is 39.2 Å². The van der Waals surface area contributed by atoms with E-state index in [1.54, 1.807) is 0 Å². The summed E-state index contributed by atoms with van der Waals surface area (Å²) in [6.07, 6.45) is 1.94. The number of hydrogen-bond donors (Lipinski definition) is 1. The van der Waals surface area contributed by atoms with E-state index in [-0.39, 0.29) is 6.04 Å². The van der Waals surface area contributed by atoms with E-state index in [1.807, 2.05) is 26.0 Å². The summed E-state index contributed by atoms with van der Waals surface area (Å²) in [7, 11) is 0. The van der Waals surface area contributed by atoms with Crippen LogP contribution in [0.5, 0.6) is 0 Å². The van der Waals surface area contributed by atoms with Crippen LogP contribution in [0.4, 0.5) is 0 Å². The van der Waals surface area contributed by atoms with Crippen molar-refractivity contribution in [2.45, 2.75) is 32.7 Å². The van der Waals surface area contributed by atoms with Gasteiger partial charge in [0.05, 0.1) is 0 Å². The van der Waals surface area contributed by atoms with E-state index >= 15 is 0 Å². The van der Waals surface area contributed by atoms with Crippen molar-refractivity contribution in [3.05, 3.63) is 23.7 Å². The van der Waals surface area contributed by atoms with Crippen molar-refractivity contribution in [2.75, 3.05) is 0 Å². The van der Waals surface area contributed by atoms with Crippen LogP contribution in [0.15, 0.2) is 16.5 Å². The Bertz CT molecular complexity index is 215. The van der Waals surface area contributed by atoms with Gasteiger partial charge in [-0.3, -0.25) is 0 Å². The van der Waals surface area contributed by atoms with Crippen LogP contribution in [0, 0.1) is 6.92 Å². The third-order valence-corrected chi connectivity index (χ3v) is 1.64. The van der Waals surface area contributed by atoms with Gasteiger partial charge in [-0.15, -0.1) is 0 Å². The molecule has 0 unspecified atom stereocenters. The second kappa shape index (κ2) is 3.58. The van der Waals surface area contributed by atoms with E-state index in [0.29, 0.717) is 0 Å². The maximum absolute atomic E-state index is 5.61. The Morgan fingerprint density at radius 2 is 2.27 bits per heavy atom. The first-order chi connectivity index (χ1) is 5.18. The number of hydrogen-bond acceptors (Lipinski definition) is 2. The number of aryl methyl sites for hydroxylation is 2. The van der Waals surface area contributed by atoms with E-state index in [4.69, 9.17) is 10.2 Å². The van der Waals surface area contributed by atoms with E-state index in [9.17, 15) is 0 Å². The van der Waals surface area contributed by atoms with Gasteiger partial charge in [0.2, 0.25) is 0 Å². The molecule has 0 saturated carbocycles. The summed E-state index contributed by atoms with van der Waals surface area (Å²) >= 11 is 0. The van der Waals surface area contributed by atoms with Crippen LogP contribution in [0.3, 0.4) is 0 Å². The molecule has 0 spiro atoms. The number of rotatable bonds is 3. The highest BCUT2D eigenvalue weighted by atomic mass is 16.3. The minimum Gasteiger partial charge on any atom is -0.466 e. The van der Waals surface area contributed by atoms with E-state index < -0.39 is 0 Å². The Hall–Kier alpha value is -0.760. The van der Waals surface area contributed by atoms with E-state index in [1.165, 1.54) is 0 Å². The second-order valence-electron chi connectivity index (χ2n) is 3.03. The zero-order valence-electron chi connectivity index (χ0n) is 7.13. The first kappa shape index (κ1) is 8.34. The van der Waals surface area contributed by atoms with Gasteiger partial charge in [0.1, 0.15) is 11.5 Å². The maximum atomic E-state index is 5.61. The highest BCUT2D eigenvalue weighted by Crippen LogP contribution is 2.08. The monoisotopic (exact) mass is 153 g/mol. The molecule has 2 heteroatoms. The summed E-state index contributed by atoms with van der Waals surface area (Å²) in [5.41, 5.74) is 5.61. The zero-order valence-corrected chi connectivity index (χ0v) is 7.13. The standard InChI is InChI=1S/C9H15NO/c1-7(10)3-5-9-6-4-8(2)11-9/h4,6-7H,3,5,10H2,1-2H3/t7-/m1/s1. The number of furan rings is 1. The van der Waals surface area contributed by atoms with Crippen molar-refractivity contribution in [1.29, 1.82) is 0 Å². The van der Waals surface area contributed by atoms with E-state index in [2.05, 4.69) is 0 Å². The van der Waals surface area contributed by atoms with Gasteiger partial charge in [-0.1, -0.05) is 0 Å². The Labute approximate surface area is 67.4 Å². The lowest BCUT2D eigenvalue weighted by molar-refractivity contribution is 0.469. The highest BCUT2D eigenvalue weighted by Gasteiger charge is 1.99. The molecule has 2 N–H and O–H groups in total. The third-order valence-electron chi connectivity index (χ3n) is 1.64. The van der Waals surface area contributed by atoms with Gasteiger partial charge in [0.15, 0.2) is 0 Å². The van der Waals surface area contributed by atoms with Crippen LogP contribution in [-0.2, 0) is 6.42 Å². The molecule has 1 aromatic rings. The third kappa shape index (κ3) is 2.76. The molecular weight excluding hydrogens is 138 g/mol. The van der Waals surface area contributed by atoms with Gasteiger partial charge in [0.25, 0.3) is 0 Å². The molecule has 1 rings (SSSR count). The van der Waals surface area contributed by atoms with E-state index in [0.717, 1.165) is 24.4 Å². The van der Waals surface area contributed by atoms with Crippen LogP contribution in [-0.4, -0.2) is 6.04 Å². The van der Waals surface area contributed by atoms with Gasteiger partial charge in [0, 0.05) is 12.5 Å². The molecule has 0 aliphatic carbocycles. The van der Waals surface area contributed by atoms with Gasteiger partial charge >= 0.3 is 0 Å². The fraction of sp³-hybridized carbons (Fsp3) is 0.556. The fourth-order valence-electron chi connectivity index (χ4n) is 0.989. The molecule has 0 bridgehead atoms. The molecule has 0 aromatic carbocycles. The largest absolute Gasteiger partial charge is 0.466 e. The predicted molar refractivity (Wildman–Crippen MR) is 45.4 cm³/mol. The molecule has 0 saturated heterocycles. The first-order valence-corrected chi connectivity index (χ1v) is 3.99. The first-order valence-electron chi connectivity index (χ1n) is 3.99. The molecule has 2 nitrogen and oxygen atoms in total. The summed E-state index contributed by atoms with van der Waals surface area (Å²) < 4.78 is 5.38. The van der Waals surface area contributed by atoms with Crippen LogP contribution in [0.25, 0.3) is 0 Å². The minimum atomic E-state index is 0.264. The smallest absolute Gasteiger partial charge is 0.104 e. The number of nitrogens with two attached hydrogens (primary N) is 1. The summed E-state index contributed by atoms with van der Waals surface area (Å²) in [5, 5.41) is 0. The minimum absolute atomic E-state index is 0.264. The Kier molecular flexibility index (Phi) is 2.71. The molecule has 1 aromatic heterocycles. The lowest BCUT2D eigenvalue weighted by Crippen LogP contribution is -2.15. The highest BCUT2D eigenvalue weighted by molar-refractivity contribution is 5.05. The molecule has 1 atom stereocenters. The second-order valence-corrected chi connectivity index (χ2v) is 3.03. The maximum Gasteiger partial charge on any atom is 0.104 e. The summed E-state index contributed by atoms with van der Waals surface area (Å²) in [6, 6.07) is 4.26. The normalized spacial score (nSPS) is 13.4. The van der Waals surface area contributed by atoms with Gasteiger partial charge in [-0.05, 0) is 32.4 Å². The lowest BCUT2D eigenvalue weighted by atomic mass is 10.2. The summed E-state index contributed by atoms with van der Waals surface area (Å²) in [4.78, 5) is 0.